The number of halogens is 1. The summed E-state index contributed by atoms with van der Waals surface area (Å²) in [5.41, 5.74) is 2.85. The number of rotatable bonds is 7. The van der Waals surface area contributed by atoms with Gasteiger partial charge in [0.15, 0.2) is 0 Å². The van der Waals surface area contributed by atoms with Gasteiger partial charge >= 0.3 is 0 Å². The fourth-order valence-electron chi connectivity index (χ4n) is 2.27. The Morgan fingerprint density at radius 2 is 1.91 bits per heavy atom. The van der Waals surface area contributed by atoms with Crippen LogP contribution in [0.5, 0.6) is 5.75 Å². The molecule has 122 valence electrons. The third-order valence-electron chi connectivity index (χ3n) is 3.82. The zero-order valence-corrected chi connectivity index (χ0v) is 13.6. The van der Waals surface area contributed by atoms with Crippen molar-refractivity contribution >= 4 is 5.91 Å². The molecule has 0 bridgehead atoms. The van der Waals surface area contributed by atoms with Gasteiger partial charge in [-0.25, -0.2) is 4.39 Å². The minimum absolute atomic E-state index is 0.0992. The largest absolute Gasteiger partial charge is 0.491 e. The third kappa shape index (κ3) is 5.09. The lowest BCUT2D eigenvalue weighted by Crippen LogP contribution is -2.28. The summed E-state index contributed by atoms with van der Waals surface area (Å²) in [4.78, 5) is 11.8. The molecule has 0 radical (unpaired) electrons. The van der Waals surface area contributed by atoms with Crippen LogP contribution in [-0.2, 0) is 11.2 Å². The summed E-state index contributed by atoms with van der Waals surface area (Å²) in [6, 6.07) is 12.4. The molecule has 0 heterocycles. The zero-order valence-electron chi connectivity index (χ0n) is 13.6. The van der Waals surface area contributed by atoms with Crippen LogP contribution >= 0.6 is 0 Å². The smallest absolute Gasteiger partial charge is 0.220 e. The first-order valence-corrected chi connectivity index (χ1v) is 7.77. The third-order valence-corrected chi connectivity index (χ3v) is 3.82. The van der Waals surface area contributed by atoms with Crippen molar-refractivity contribution in [1.82, 2.24) is 5.32 Å². The first-order valence-electron chi connectivity index (χ1n) is 7.77. The van der Waals surface area contributed by atoms with E-state index in [4.69, 9.17) is 4.74 Å². The number of ether oxygens (including phenoxy) is 1. The summed E-state index contributed by atoms with van der Waals surface area (Å²) in [6.45, 7) is 4.89. The number of nitrogens with one attached hydrogen (secondary N) is 1. The molecule has 4 heteroatoms. The van der Waals surface area contributed by atoms with Crippen molar-refractivity contribution in [2.24, 2.45) is 0 Å². The standard InChI is InChI=1S/C19H22FNO2/c1-14-6-5-9-18(15(14)2)23-13-12-21-19(22)11-10-16-7-3-4-8-17(16)20/h3-9H,10-13H2,1-2H3,(H,21,22). The first-order chi connectivity index (χ1) is 11.1. The Morgan fingerprint density at radius 3 is 2.70 bits per heavy atom. The molecule has 1 amide bonds. The number of hydrogen-bond donors (Lipinski definition) is 1. The Kier molecular flexibility index (Phi) is 6.15. The molecule has 0 aromatic heterocycles. The van der Waals surface area contributed by atoms with E-state index < -0.39 is 0 Å². The molecule has 0 aliphatic carbocycles. The van der Waals surface area contributed by atoms with Crippen molar-refractivity contribution in [1.29, 1.82) is 0 Å². The number of carbonyl (C=O) groups excluding carboxylic acids is 1. The second-order valence-electron chi connectivity index (χ2n) is 5.49. The number of carbonyl (C=O) groups is 1. The topological polar surface area (TPSA) is 38.3 Å². The van der Waals surface area contributed by atoms with Crippen LogP contribution in [0.25, 0.3) is 0 Å². The van der Waals surface area contributed by atoms with E-state index in [0.29, 0.717) is 25.1 Å². The lowest BCUT2D eigenvalue weighted by atomic mass is 10.1. The molecule has 0 aliphatic rings. The monoisotopic (exact) mass is 315 g/mol. The molecule has 0 saturated heterocycles. The van der Waals surface area contributed by atoms with E-state index in [1.165, 1.54) is 11.6 Å². The van der Waals surface area contributed by atoms with Gasteiger partial charge < -0.3 is 10.1 Å². The fraction of sp³-hybridized carbons (Fsp3) is 0.316. The summed E-state index contributed by atoms with van der Waals surface area (Å²) < 4.78 is 19.1. The number of hydrogen-bond acceptors (Lipinski definition) is 2. The zero-order chi connectivity index (χ0) is 16.7. The quantitative estimate of drug-likeness (QED) is 0.793. The van der Waals surface area contributed by atoms with E-state index in [9.17, 15) is 9.18 Å². The van der Waals surface area contributed by atoms with Crippen molar-refractivity contribution < 1.29 is 13.9 Å². The Hall–Kier alpha value is -2.36. The van der Waals surface area contributed by atoms with E-state index in [1.54, 1.807) is 18.2 Å². The average Bonchev–Trinajstić information content (AvgIpc) is 2.54. The van der Waals surface area contributed by atoms with Crippen molar-refractivity contribution in [3.63, 3.8) is 0 Å². The molecule has 3 nitrogen and oxygen atoms in total. The Labute approximate surface area is 136 Å². The van der Waals surface area contributed by atoms with Gasteiger partial charge in [0.05, 0.1) is 6.54 Å². The Bertz CT molecular complexity index is 670. The van der Waals surface area contributed by atoms with Gasteiger partial charge in [0.2, 0.25) is 5.91 Å². The summed E-state index contributed by atoms with van der Waals surface area (Å²) in [6.07, 6.45) is 0.667. The van der Waals surface area contributed by atoms with Crippen LogP contribution in [0, 0.1) is 19.7 Å². The minimum atomic E-state index is -0.265. The van der Waals surface area contributed by atoms with Crippen LogP contribution < -0.4 is 10.1 Å². The molecule has 2 rings (SSSR count). The number of amides is 1. The van der Waals surface area contributed by atoms with Gasteiger partial charge in [-0.2, -0.15) is 0 Å². The molecule has 0 saturated carbocycles. The van der Waals surface area contributed by atoms with Crippen LogP contribution in [0.2, 0.25) is 0 Å². The van der Waals surface area contributed by atoms with Crippen LogP contribution in [0.4, 0.5) is 4.39 Å². The number of benzene rings is 2. The Balaban J connectivity index is 1.69. The van der Waals surface area contributed by atoms with Gasteiger partial charge in [-0.15, -0.1) is 0 Å². The highest BCUT2D eigenvalue weighted by Crippen LogP contribution is 2.20. The van der Waals surface area contributed by atoms with E-state index >= 15 is 0 Å². The van der Waals surface area contributed by atoms with Crippen molar-refractivity contribution in [2.75, 3.05) is 13.2 Å². The van der Waals surface area contributed by atoms with Crippen molar-refractivity contribution in [3.05, 3.63) is 65.0 Å². The van der Waals surface area contributed by atoms with Gasteiger partial charge in [-0.05, 0) is 49.1 Å². The molecule has 0 spiro atoms. The predicted octanol–water partition coefficient (Wildman–Crippen LogP) is 3.57. The maximum Gasteiger partial charge on any atom is 0.220 e. The lowest BCUT2D eigenvalue weighted by Gasteiger charge is -2.11. The number of aryl methyl sites for hydroxylation is 2. The summed E-state index contributed by atoms with van der Waals surface area (Å²) in [7, 11) is 0. The molecule has 0 atom stereocenters. The molecule has 0 fully saturated rings. The molecule has 2 aromatic carbocycles. The highest BCUT2D eigenvalue weighted by molar-refractivity contribution is 5.76. The van der Waals surface area contributed by atoms with E-state index in [0.717, 1.165) is 11.3 Å². The van der Waals surface area contributed by atoms with Crippen LogP contribution in [0.1, 0.15) is 23.1 Å². The van der Waals surface area contributed by atoms with Crippen molar-refractivity contribution in [2.45, 2.75) is 26.7 Å². The van der Waals surface area contributed by atoms with Crippen LogP contribution in [0.15, 0.2) is 42.5 Å². The fourth-order valence-corrected chi connectivity index (χ4v) is 2.27. The molecule has 23 heavy (non-hydrogen) atoms. The van der Waals surface area contributed by atoms with Gasteiger partial charge in [0, 0.05) is 6.42 Å². The van der Waals surface area contributed by atoms with Gasteiger partial charge in [-0.3, -0.25) is 4.79 Å². The molecule has 0 aliphatic heterocycles. The predicted molar refractivity (Wildman–Crippen MR) is 89.1 cm³/mol. The second kappa shape index (κ2) is 8.32. The average molecular weight is 315 g/mol. The Morgan fingerprint density at radius 1 is 1.13 bits per heavy atom. The highest BCUT2D eigenvalue weighted by Gasteiger charge is 2.06. The van der Waals surface area contributed by atoms with Gasteiger partial charge in [0.25, 0.3) is 0 Å². The highest BCUT2D eigenvalue weighted by atomic mass is 19.1. The molecular formula is C19H22FNO2. The lowest BCUT2D eigenvalue weighted by molar-refractivity contribution is -0.121. The van der Waals surface area contributed by atoms with E-state index in [1.807, 2.05) is 32.0 Å². The van der Waals surface area contributed by atoms with E-state index in [-0.39, 0.29) is 18.1 Å². The van der Waals surface area contributed by atoms with Gasteiger partial charge in [-0.1, -0.05) is 30.3 Å². The van der Waals surface area contributed by atoms with Crippen molar-refractivity contribution in [3.8, 4) is 5.75 Å². The summed E-state index contributed by atoms with van der Waals surface area (Å²) in [5.74, 6) is 0.474. The summed E-state index contributed by atoms with van der Waals surface area (Å²) in [5, 5.41) is 2.79. The van der Waals surface area contributed by atoms with Crippen LogP contribution in [0.3, 0.4) is 0 Å². The maximum atomic E-state index is 13.5. The summed E-state index contributed by atoms with van der Waals surface area (Å²) >= 11 is 0. The SMILES string of the molecule is Cc1cccc(OCCNC(=O)CCc2ccccc2F)c1C. The molecule has 1 N–H and O–H groups in total. The van der Waals surface area contributed by atoms with Gasteiger partial charge in [0.1, 0.15) is 18.2 Å². The maximum absolute atomic E-state index is 13.5. The first kappa shape index (κ1) is 17.0. The van der Waals surface area contributed by atoms with Crippen LogP contribution in [-0.4, -0.2) is 19.1 Å². The van der Waals surface area contributed by atoms with E-state index in [2.05, 4.69) is 5.32 Å². The molecular weight excluding hydrogens is 293 g/mol. The minimum Gasteiger partial charge on any atom is -0.491 e. The molecule has 0 unspecified atom stereocenters. The normalized spacial score (nSPS) is 10.4. The second-order valence-corrected chi connectivity index (χ2v) is 5.49. The molecule has 2 aromatic rings.